The summed E-state index contributed by atoms with van der Waals surface area (Å²) in [6.45, 7) is 1.99. The van der Waals surface area contributed by atoms with E-state index in [4.69, 9.17) is 11.6 Å². The van der Waals surface area contributed by atoms with Crippen LogP contribution < -0.4 is 9.62 Å². The predicted octanol–water partition coefficient (Wildman–Crippen LogP) is 3.54. The Hall–Kier alpha value is -2.84. The summed E-state index contributed by atoms with van der Waals surface area (Å²) in [4.78, 5) is 12.6. The van der Waals surface area contributed by atoms with Crippen molar-refractivity contribution in [1.82, 2.24) is 9.78 Å². The first-order chi connectivity index (χ1) is 13.3. The van der Waals surface area contributed by atoms with Gasteiger partial charge in [0.25, 0.3) is 15.9 Å². The second-order valence-corrected chi connectivity index (χ2v) is 8.25. The van der Waals surface area contributed by atoms with Crippen molar-refractivity contribution in [2.75, 3.05) is 16.2 Å². The minimum atomic E-state index is -3.87. The van der Waals surface area contributed by atoms with Crippen LogP contribution in [0.5, 0.6) is 0 Å². The molecule has 3 aromatic rings. The van der Waals surface area contributed by atoms with Crippen LogP contribution >= 0.6 is 11.6 Å². The van der Waals surface area contributed by atoms with Gasteiger partial charge in [0.1, 0.15) is 0 Å². The number of aromatic nitrogens is 2. The molecule has 0 aliphatic carbocycles. The second-order valence-electron chi connectivity index (χ2n) is 5.98. The monoisotopic (exact) mass is 418 g/mol. The van der Waals surface area contributed by atoms with Gasteiger partial charge in [-0.1, -0.05) is 29.8 Å². The summed E-state index contributed by atoms with van der Waals surface area (Å²) >= 11 is 6.15. The van der Waals surface area contributed by atoms with Crippen molar-refractivity contribution in [2.24, 2.45) is 7.05 Å². The highest BCUT2D eigenvalue weighted by molar-refractivity contribution is 7.92. The molecule has 1 amide bonds. The number of benzene rings is 2. The number of aryl methyl sites for hydroxylation is 1. The van der Waals surface area contributed by atoms with Gasteiger partial charge in [0.2, 0.25) is 0 Å². The van der Waals surface area contributed by atoms with E-state index < -0.39 is 15.9 Å². The Morgan fingerprint density at radius 2 is 1.89 bits per heavy atom. The Balaban J connectivity index is 1.96. The SMILES string of the molecule is CCN(c1ccccc1)S(=O)(=O)c1ccc(Cl)c(C(=O)Nc2ccn(C)n2)c1. The Bertz CT molecular complexity index is 1100. The molecule has 146 valence electrons. The molecule has 0 unspecified atom stereocenters. The largest absolute Gasteiger partial charge is 0.305 e. The summed E-state index contributed by atoms with van der Waals surface area (Å²) in [7, 11) is -2.15. The lowest BCUT2D eigenvalue weighted by Gasteiger charge is -2.23. The summed E-state index contributed by atoms with van der Waals surface area (Å²) < 4.78 is 29.1. The fraction of sp³-hybridized carbons (Fsp3) is 0.158. The van der Waals surface area contributed by atoms with E-state index in [9.17, 15) is 13.2 Å². The Morgan fingerprint density at radius 3 is 2.50 bits per heavy atom. The number of anilines is 2. The van der Waals surface area contributed by atoms with Crippen molar-refractivity contribution in [3.63, 3.8) is 0 Å². The number of para-hydroxylation sites is 1. The van der Waals surface area contributed by atoms with Crippen LogP contribution in [-0.4, -0.2) is 30.7 Å². The number of carbonyl (C=O) groups excluding carboxylic acids is 1. The average molecular weight is 419 g/mol. The zero-order chi connectivity index (χ0) is 20.3. The third-order valence-electron chi connectivity index (χ3n) is 4.06. The molecule has 0 fully saturated rings. The van der Waals surface area contributed by atoms with E-state index in [0.29, 0.717) is 11.5 Å². The number of nitrogens with one attached hydrogen (secondary N) is 1. The molecule has 0 aliphatic heterocycles. The molecule has 0 bridgehead atoms. The van der Waals surface area contributed by atoms with E-state index in [1.807, 2.05) is 6.07 Å². The number of rotatable bonds is 6. The molecule has 1 N–H and O–H groups in total. The van der Waals surface area contributed by atoms with Crippen molar-refractivity contribution in [1.29, 1.82) is 0 Å². The fourth-order valence-electron chi connectivity index (χ4n) is 2.72. The molecular weight excluding hydrogens is 400 g/mol. The van der Waals surface area contributed by atoms with Crippen LogP contribution in [0.2, 0.25) is 5.02 Å². The van der Waals surface area contributed by atoms with Gasteiger partial charge < -0.3 is 5.32 Å². The molecule has 0 aliphatic rings. The summed E-state index contributed by atoms with van der Waals surface area (Å²) in [6.07, 6.45) is 1.68. The van der Waals surface area contributed by atoms with Gasteiger partial charge in [-0.3, -0.25) is 13.8 Å². The van der Waals surface area contributed by atoms with E-state index in [2.05, 4.69) is 10.4 Å². The topological polar surface area (TPSA) is 84.3 Å². The number of halogens is 1. The maximum absolute atomic E-state index is 13.1. The maximum atomic E-state index is 13.1. The van der Waals surface area contributed by atoms with Gasteiger partial charge in [0.15, 0.2) is 5.82 Å². The Labute approximate surface area is 168 Å². The smallest absolute Gasteiger partial charge is 0.264 e. The molecule has 0 saturated heterocycles. The van der Waals surface area contributed by atoms with Gasteiger partial charge >= 0.3 is 0 Å². The fourth-order valence-corrected chi connectivity index (χ4v) is 4.42. The first-order valence-corrected chi connectivity index (χ1v) is 10.3. The van der Waals surface area contributed by atoms with Crippen molar-refractivity contribution < 1.29 is 13.2 Å². The quantitative estimate of drug-likeness (QED) is 0.663. The summed E-state index contributed by atoms with van der Waals surface area (Å²) in [5, 5.41) is 6.83. The highest BCUT2D eigenvalue weighted by atomic mass is 35.5. The molecule has 0 radical (unpaired) electrons. The van der Waals surface area contributed by atoms with Gasteiger partial charge in [0, 0.05) is 25.9 Å². The molecule has 0 atom stereocenters. The third-order valence-corrected chi connectivity index (χ3v) is 6.29. The lowest BCUT2D eigenvalue weighted by molar-refractivity contribution is 0.102. The van der Waals surface area contributed by atoms with E-state index in [0.717, 1.165) is 0 Å². The van der Waals surface area contributed by atoms with E-state index >= 15 is 0 Å². The lowest BCUT2D eigenvalue weighted by atomic mass is 10.2. The van der Waals surface area contributed by atoms with Crippen LogP contribution in [0, 0.1) is 0 Å². The molecule has 0 spiro atoms. The molecule has 0 saturated carbocycles. The van der Waals surface area contributed by atoms with E-state index in [-0.39, 0.29) is 22.0 Å². The number of amides is 1. The first-order valence-electron chi connectivity index (χ1n) is 8.51. The standard InChI is InChI=1S/C19H19ClN4O3S/c1-3-24(14-7-5-4-6-8-14)28(26,27)15-9-10-17(20)16(13-15)19(25)21-18-11-12-23(2)22-18/h4-13H,3H2,1-2H3,(H,21,22,25). The third kappa shape index (κ3) is 4.02. The van der Waals surface area contributed by atoms with Crippen LogP contribution in [0.15, 0.2) is 65.7 Å². The molecular formula is C19H19ClN4O3S. The van der Waals surface area contributed by atoms with Gasteiger partial charge in [0.05, 0.1) is 21.2 Å². The van der Waals surface area contributed by atoms with Crippen molar-refractivity contribution in [2.45, 2.75) is 11.8 Å². The van der Waals surface area contributed by atoms with E-state index in [1.54, 1.807) is 50.5 Å². The van der Waals surface area contributed by atoms with Gasteiger partial charge in [-0.2, -0.15) is 5.10 Å². The minimum Gasteiger partial charge on any atom is -0.305 e. The van der Waals surface area contributed by atoms with Crippen molar-refractivity contribution >= 4 is 39.0 Å². The summed E-state index contributed by atoms with van der Waals surface area (Å²) in [6, 6.07) is 14.5. The summed E-state index contributed by atoms with van der Waals surface area (Å²) in [5.41, 5.74) is 0.594. The van der Waals surface area contributed by atoms with Crippen LogP contribution in [0.3, 0.4) is 0 Å². The van der Waals surface area contributed by atoms with E-state index in [1.165, 1.54) is 27.2 Å². The number of hydrogen-bond donors (Lipinski definition) is 1. The molecule has 2 aromatic carbocycles. The molecule has 28 heavy (non-hydrogen) atoms. The molecule has 7 nitrogen and oxygen atoms in total. The zero-order valence-corrected chi connectivity index (χ0v) is 16.9. The minimum absolute atomic E-state index is 0.0197. The average Bonchev–Trinajstić information content (AvgIpc) is 3.07. The van der Waals surface area contributed by atoms with Crippen LogP contribution in [0.1, 0.15) is 17.3 Å². The molecule has 3 rings (SSSR count). The van der Waals surface area contributed by atoms with Crippen molar-refractivity contribution in [3.05, 3.63) is 71.4 Å². The maximum Gasteiger partial charge on any atom is 0.264 e. The van der Waals surface area contributed by atoms with Crippen LogP contribution in [0.4, 0.5) is 11.5 Å². The van der Waals surface area contributed by atoms with Crippen molar-refractivity contribution in [3.8, 4) is 0 Å². The molecule has 1 aromatic heterocycles. The normalized spacial score (nSPS) is 11.2. The zero-order valence-electron chi connectivity index (χ0n) is 15.3. The number of sulfonamides is 1. The van der Waals surface area contributed by atoms with Crippen LogP contribution in [-0.2, 0) is 17.1 Å². The van der Waals surface area contributed by atoms with Gasteiger partial charge in [-0.25, -0.2) is 8.42 Å². The second kappa shape index (κ2) is 8.04. The van der Waals surface area contributed by atoms with Crippen LogP contribution in [0.25, 0.3) is 0 Å². The number of hydrogen-bond acceptors (Lipinski definition) is 4. The molecule has 9 heteroatoms. The number of carbonyl (C=O) groups is 1. The Morgan fingerprint density at radius 1 is 1.18 bits per heavy atom. The van der Waals surface area contributed by atoms with Gasteiger partial charge in [-0.15, -0.1) is 0 Å². The Kier molecular flexibility index (Phi) is 5.71. The lowest BCUT2D eigenvalue weighted by Crippen LogP contribution is -2.31. The number of nitrogens with zero attached hydrogens (tertiary/aromatic N) is 3. The summed E-state index contributed by atoms with van der Waals surface area (Å²) in [5.74, 6) is -0.195. The predicted molar refractivity (Wildman–Crippen MR) is 109 cm³/mol. The first kappa shape index (κ1) is 19.9. The van der Waals surface area contributed by atoms with Gasteiger partial charge in [-0.05, 0) is 37.3 Å². The highest BCUT2D eigenvalue weighted by Crippen LogP contribution is 2.27. The molecule has 1 heterocycles. The highest BCUT2D eigenvalue weighted by Gasteiger charge is 2.25.